The van der Waals surface area contributed by atoms with Crippen molar-refractivity contribution in [2.45, 2.75) is 13.2 Å². The Balaban J connectivity index is 2.31. The van der Waals surface area contributed by atoms with Gasteiger partial charge in [-0.3, -0.25) is 4.79 Å². The first-order valence-corrected chi connectivity index (χ1v) is 5.82. The van der Waals surface area contributed by atoms with Crippen molar-refractivity contribution in [1.82, 2.24) is 4.98 Å². The topological polar surface area (TPSA) is 79.4 Å². The molecule has 2 N–H and O–H groups in total. The van der Waals surface area contributed by atoms with E-state index in [1.165, 1.54) is 6.07 Å². The molecule has 96 valence electrons. The molecule has 19 heavy (non-hydrogen) atoms. The summed E-state index contributed by atoms with van der Waals surface area (Å²) in [5, 5.41) is 9.03. The summed E-state index contributed by atoms with van der Waals surface area (Å²) in [4.78, 5) is 25.3. The number of hydrogen-bond donors (Lipinski definition) is 2. The molecule has 0 unspecified atom stereocenters. The summed E-state index contributed by atoms with van der Waals surface area (Å²) in [7, 11) is 0. The smallest absolute Gasteiger partial charge is 0.341 e. The molecule has 0 radical (unpaired) electrons. The standard InChI is InChI=1S/C14H11NO4/c16-13-11(14(17)18)5-10-9-4-2-1-3-8(9)6-19-7-12(10)15-13/h1-5H,6-7H2,(H,15,16)(H,17,18). The summed E-state index contributed by atoms with van der Waals surface area (Å²) in [5.41, 5.74) is 2.34. The number of nitrogens with one attached hydrogen (secondary N) is 1. The Hall–Kier alpha value is -2.40. The van der Waals surface area contributed by atoms with Gasteiger partial charge in [0, 0.05) is 5.56 Å². The fourth-order valence-electron chi connectivity index (χ4n) is 2.25. The van der Waals surface area contributed by atoms with Gasteiger partial charge in [0.25, 0.3) is 5.56 Å². The maximum absolute atomic E-state index is 11.7. The first kappa shape index (κ1) is 11.7. The molecule has 1 aromatic carbocycles. The highest BCUT2D eigenvalue weighted by molar-refractivity contribution is 5.89. The van der Waals surface area contributed by atoms with E-state index in [0.29, 0.717) is 17.9 Å². The minimum Gasteiger partial charge on any atom is -0.477 e. The van der Waals surface area contributed by atoms with Gasteiger partial charge in [0.2, 0.25) is 0 Å². The Morgan fingerprint density at radius 1 is 1.21 bits per heavy atom. The van der Waals surface area contributed by atoms with Crippen LogP contribution >= 0.6 is 0 Å². The largest absolute Gasteiger partial charge is 0.477 e. The molecular weight excluding hydrogens is 246 g/mol. The molecule has 3 rings (SSSR count). The lowest BCUT2D eigenvalue weighted by atomic mass is 9.98. The molecular formula is C14H11NO4. The van der Waals surface area contributed by atoms with Crippen LogP contribution in [0.1, 0.15) is 21.6 Å². The van der Waals surface area contributed by atoms with E-state index in [2.05, 4.69) is 4.98 Å². The van der Waals surface area contributed by atoms with Crippen LogP contribution in [0.4, 0.5) is 0 Å². The second-order valence-corrected chi connectivity index (χ2v) is 4.36. The van der Waals surface area contributed by atoms with Crippen LogP contribution in [0.5, 0.6) is 0 Å². The van der Waals surface area contributed by atoms with Gasteiger partial charge in [-0.05, 0) is 17.2 Å². The Morgan fingerprint density at radius 2 is 2.00 bits per heavy atom. The fraction of sp³-hybridized carbons (Fsp3) is 0.143. The first-order chi connectivity index (χ1) is 9.16. The number of benzene rings is 1. The Morgan fingerprint density at radius 3 is 2.79 bits per heavy atom. The molecule has 0 atom stereocenters. The zero-order valence-corrected chi connectivity index (χ0v) is 9.97. The van der Waals surface area contributed by atoms with Gasteiger partial charge in [-0.2, -0.15) is 0 Å². The molecule has 1 aliphatic rings. The monoisotopic (exact) mass is 257 g/mol. The van der Waals surface area contributed by atoms with Crippen LogP contribution in [0.15, 0.2) is 35.1 Å². The number of hydrogen-bond acceptors (Lipinski definition) is 3. The van der Waals surface area contributed by atoms with E-state index >= 15 is 0 Å². The number of pyridine rings is 1. The molecule has 1 aliphatic heterocycles. The third-order valence-electron chi connectivity index (χ3n) is 3.16. The lowest BCUT2D eigenvalue weighted by Crippen LogP contribution is -2.19. The highest BCUT2D eigenvalue weighted by Gasteiger charge is 2.19. The van der Waals surface area contributed by atoms with Gasteiger partial charge in [0.05, 0.1) is 18.9 Å². The van der Waals surface area contributed by atoms with E-state index < -0.39 is 11.5 Å². The minimum atomic E-state index is -1.23. The normalized spacial score (nSPS) is 13.3. The minimum absolute atomic E-state index is 0.254. The zero-order chi connectivity index (χ0) is 13.4. The molecule has 5 nitrogen and oxygen atoms in total. The van der Waals surface area contributed by atoms with Gasteiger partial charge < -0.3 is 14.8 Å². The number of aromatic carboxylic acids is 1. The Labute approximate surface area is 108 Å². The molecule has 0 fully saturated rings. The molecule has 0 saturated heterocycles. The van der Waals surface area contributed by atoms with E-state index in [9.17, 15) is 9.59 Å². The van der Waals surface area contributed by atoms with Crippen LogP contribution in [-0.4, -0.2) is 16.1 Å². The predicted molar refractivity (Wildman–Crippen MR) is 68.0 cm³/mol. The third kappa shape index (κ3) is 1.94. The molecule has 0 saturated carbocycles. The summed E-state index contributed by atoms with van der Waals surface area (Å²) >= 11 is 0. The highest BCUT2D eigenvalue weighted by Crippen LogP contribution is 2.30. The van der Waals surface area contributed by atoms with E-state index in [0.717, 1.165) is 11.1 Å². The molecule has 2 aromatic rings. The van der Waals surface area contributed by atoms with E-state index in [1.54, 1.807) is 0 Å². The van der Waals surface area contributed by atoms with Crippen molar-refractivity contribution in [1.29, 1.82) is 0 Å². The van der Waals surface area contributed by atoms with E-state index in [-0.39, 0.29) is 12.2 Å². The van der Waals surface area contributed by atoms with Crippen LogP contribution in [-0.2, 0) is 18.0 Å². The maximum Gasteiger partial charge on any atom is 0.341 e. The number of rotatable bonds is 1. The summed E-state index contributed by atoms with van der Waals surface area (Å²) in [6.07, 6.45) is 0. The van der Waals surface area contributed by atoms with Crippen molar-refractivity contribution < 1.29 is 14.6 Å². The lowest BCUT2D eigenvalue weighted by molar-refractivity contribution is 0.0694. The maximum atomic E-state index is 11.7. The average molecular weight is 257 g/mol. The van der Waals surface area contributed by atoms with Gasteiger partial charge in [0.1, 0.15) is 5.56 Å². The third-order valence-corrected chi connectivity index (χ3v) is 3.16. The van der Waals surface area contributed by atoms with Gasteiger partial charge in [-0.25, -0.2) is 4.79 Å². The summed E-state index contributed by atoms with van der Waals surface area (Å²) in [6, 6.07) is 9.02. The van der Waals surface area contributed by atoms with Gasteiger partial charge in [-0.15, -0.1) is 0 Å². The fourth-order valence-corrected chi connectivity index (χ4v) is 2.25. The van der Waals surface area contributed by atoms with Gasteiger partial charge in [-0.1, -0.05) is 24.3 Å². The predicted octanol–water partition coefficient (Wildman–Crippen LogP) is 1.77. The number of fused-ring (bicyclic) bond motifs is 3. The molecule has 0 bridgehead atoms. The zero-order valence-electron chi connectivity index (χ0n) is 9.97. The number of carboxylic acid groups (broad SMARTS) is 1. The SMILES string of the molecule is O=C(O)c1cc2c([nH]c1=O)COCc1ccccc1-2. The summed E-state index contributed by atoms with van der Waals surface area (Å²) in [5.74, 6) is -1.23. The second kappa shape index (κ2) is 4.37. The van der Waals surface area contributed by atoms with Crippen molar-refractivity contribution >= 4 is 5.97 Å². The average Bonchev–Trinajstić information content (AvgIpc) is 2.56. The molecule has 0 aliphatic carbocycles. The van der Waals surface area contributed by atoms with Crippen LogP contribution < -0.4 is 5.56 Å². The van der Waals surface area contributed by atoms with Crippen LogP contribution in [0.2, 0.25) is 0 Å². The van der Waals surface area contributed by atoms with Crippen molar-refractivity contribution in [3.05, 3.63) is 57.5 Å². The van der Waals surface area contributed by atoms with Gasteiger partial charge >= 0.3 is 5.97 Å². The quantitative estimate of drug-likeness (QED) is 0.816. The van der Waals surface area contributed by atoms with Crippen molar-refractivity contribution in [3.63, 3.8) is 0 Å². The summed E-state index contributed by atoms with van der Waals surface area (Å²) < 4.78 is 5.49. The molecule has 5 heteroatoms. The number of carboxylic acids is 1. The lowest BCUT2D eigenvalue weighted by Gasteiger charge is -2.08. The molecule has 0 spiro atoms. The van der Waals surface area contributed by atoms with E-state index in [4.69, 9.17) is 9.84 Å². The molecule has 0 amide bonds. The summed E-state index contributed by atoms with van der Waals surface area (Å²) in [6.45, 7) is 0.703. The van der Waals surface area contributed by atoms with Crippen molar-refractivity contribution in [2.24, 2.45) is 0 Å². The van der Waals surface area contributed by atoms with Gasteiger partial charge in [0.15, 0.2) is 0 Å². The Kier molecular flexibility index (Phi) is 2.68. The number of aromatic amines is 1. The number of ether oxygens (including phenoxy) is 1. The van der Waals surface area contributed by atoms with Crippen molar-refractivity contribution in [2.75, 3.05) is 0 Å². The number of H-pyrrole nitrogens is 1. The Bertz CT molecular complexity index is 718. The van der Waals surface area contributed by atoms with E-state index in [1.807, 2.05) is 24.3 Å². The molecule has 1 aromatic heterocycles. The number of aromatic nitrogens is 1. The second-order valence-electron chi connectivity index (χ2n) is 4.36. The van der Waals surface area contributed by atoms with Crippen LogP contribution in [0, 0.1) is 0 Å². The highest BCUT2D eigenvalue weighted by atomic mass is 16.5. The van der Waals surface area contributed by atoms with Crippen LogP contribution in [0.25, 0.3) is 11.1 Å². The van der Waals surface area contributed by atoms with Crippen molar-refractivity contribution in [3.8, 4) is 11.1 Å². The molecule has 2 heterocycles. The first-order valence-electron chi connectivity index (χ1n) is 5.82. The number of carbonyl (C=O) groups is 1. The van der Waals surface area contributed by atoms with Crippen LogP contribution in [0.3, 0.4) is 0 Å².